The number of hydrogen-bond acceptors (Lipinski definition) is 5. The van der Waals surface area contributed by atoms with Crippen molar-refractivity contribution in [1.82, 2.24) is 10.2 Å². The lowest BCUT2D eigenvalue weighted by molar-refractivity contribution is -0.145. The van der Waals surface area contributed by atoms with Crippen LogP contribution in [0.4, 0.5) is 5.69 Å². The van der Waals surface area contributed by atoms with Crippen LogP contribution >= 0.6 is 0 Å². The molecule has 1 aromatic rings. The number of fused-ring (bicyclic) bond motifs is 1. The molecule has 3 fully saturated rings. The molecule has 3 saturated heterocycles. The number of nitrogens with one attached hydrogen (secondary N) is 2. The van der Waals surface area contributed by atoms with Crippen LogP contribution < -0.4 is 10.6 Å². The van der Waals surface area contributed by atoms with Crippen LogP contribution in [0.3, 0.4) is 0 Å². The third-order valence-corrected chi connectivity index (χ3v) is 6.84. The number of benzene rings is 1. The van der Waals surface area contributed by atoms with Gasteiger partial charge in [-0.3, -0.25) is 14.4 Å². The third kappa shape index (κ3) is 3.42. The lowest BCUT2D eigenvalue weighted by atomic mass is 9.66. The molecule has 168 valence electrons. The maximum absolute atomic E-state index is 13.6. The van der Waals surface area contributed by atoms with Gasteiger partial charge in [-0.2, -0.15) is 0 Å². The number of anilines is 1. The van der Waals surface area contributed by atoms with E-state index in [1.807, 2.05) is 39.0 Å². The van der Waals surface area contributed by atoms with Gasteiger partial charge >= 0.3 is 0 Å². The Morgan fingerprint density at radius 3 is 2.58 bits per heavy atom. The molecule has 8 heteroatoms. The highest BCUT2D eigenvalue weighted by Crippen LogP contribution is 2.63. The Morgan fingerprint density at radius 1 is 1.23 bits per heavy atom. The summed E-state index contributed by atoms with van der Waals surface area (Å²) < 4.78 is 6.49. The second kappa shape index (κ2) is 7.91. The smallest absolute Gasteiger partial charge is 0.246 e. The number of amides is 3. The van der Waals surface area contributed by atoms with Crippen molar-refractivity contribution >= 4 is 23.4 Å². The van der Waals surface area contributed by atoms with E-state index in [4.69, 9.17) is 4.74 Å². The molecular formula is C23H31N3O5. The van der Waals surface area contributed by atoms with E-state index in [-0.39, 0.29) is 36.9 Å². The Balaban J connectivity index is 1.70. The highest BCUT2D eigenvalue weighted by atomic mass is 16.5. The molecule has 2 bridgehead atoms. The first-order chi connectivity index (χ1) is 14.7. The molecule has 0 aliphatic carbocycles. The Kier molecular flexibility index (Phi) is 5.55. The minimum Gasteiger partial charge on any atom is -0.396 e. The van der Waals surface area contributed by atoms with Crippen LogP contribution in [0.15, 0.2) is 30.3 Å². The van der Waals surface area contributed by atoms with E-state index < -0.39 is 29.1 Å². The van der Waals surface area contributed by atoms with Gasteiger partial charge in [0.2, 0.25) is 17.7 Å². The lowest BCUT2D eigenvalue weighted by Gasteiger charge is -2.33. The number of likely N-dealkylation sites (tertiary alicyclic amines) is 1. The Hall–Kier alpha value is -2.45. The summed E-state index contributed by atoms with van der Waals surface area (Å²) in [4.78, 5) is 41.7. The van der Waals surface area contributed by atoms with Crippen LogP contribution in [-0.4, -0.2) is 64.2 Å². The summed E-state index contributed by atoms with van der Waals surface area (Å²) in [7, 11) is 0. The standard InChI is InChI=1S/C23H31N3O5/c1-14(2)24-20(29)18-23-11-10-22(3,31-23)16(17(23)21(30)26(18)12-7-13-27)19(28)25-15-8-5-4-6-9-15/h4-6,8-9,14,16-18,27H,7,10-13H2,1-3H3,(H,24,29)(H,25,28)/t16-,17+,18?,22+,23?/m1/s1. The predicted molar refractivity (Wildman–Crippen MR) is 114 cm³/mol. The van der Waals surface area contributed by atoms with E-state index in [1.165, 1.54) is 4.90 Å². The first-order valence-electron chi connectivity index (χ1n) is 11.0. The number of nitrogens with zero attached hydrogens (tertiary/aromatic N) is 1. The number of ether oxygens (including phenoxy) is 1. The molecule has 0 saturated carbocycles. The third-order valence-electron chi connectivity index (χ3n) is 6.84. The van der Waals surface area contributed by atoms with Gasteiger partial charge in [0.05, 0.1) is 17.4 Å². The van der Waals surface area contributed by atoms with Gasteiger partial charge in [-0.15, -0.1) is 0 Å². The fraction of sp³-hybridized carbons (Fsp3) is 0.609. The summed E-state index contributed by atoms with van der Waals surface area (Å²) in [5.41, 5.74) is -1.18. The minimum atomic E-state index is -1.03. The monoisotopic (exact) mass is 429 g/mol. The number of hydrogen-bond donors (Lipinski definition) is 3. The van der Waals surface area contributed by atoms with Crippen LogP contribution in [0.2, 0.25) is 0 Å². The molecule has 3 amide bonds. The topological polar surface area (TPSA) is 108 Å². The Morgan fingerprint density at radius 2 is 1.94 bits per heavy atom. The van der Waals surface area contributed by atoms with E-state index in [1.54, 1.807) is 12.1 Å². The van der Waals surface area contributed by atoms with Crippen molar-refractivity contribution in [1.29, 1.82) is 0 Å². The fourth-order valence-corrected chi connectivity index (χ4v) is 5.71. The summed E-state index contributed by atoms with van der Waals surface area (Å²) in [6.45, 7) is 5.77. The van der Waals surface area contributed by atoms with Gasteiger partial charge in [0.25, 0.3) is 0 Å². The number of aliphatic hydroxyl groups excluding tert-OH is 1. The molecule has 3 aliphatic heterocycles. The molecule has 4 rings (SSSR count). The largest absolute Gasteiger partial charge is 0.396 e. The average molecular weight is 430 g/mol. The molecule has 3 aliphatic rings. The van der Waals surface area contributed by atoms with E-state index in [0.29, 0.717) is 24.9 Å². The van der Waals surface area contributed by atoms with Gasteiger partial charge in [0.15, 0.2) is 0 Å². The number of para-hydroxylation sites is 1. The highest BCUT2D eigenvalue weighted by Gasteiger charge is 2.77. The normalized spacial score (nSPS) is 33.6. The summed E-state index contributed by atoms with van der Waals surface area (Å²) in [5.74, 6) is -2.19. The Bertz CT molecular complexity index is 875. The van der Waals surface area contributed by atoms with Gasteiger partial charge in [-0.25, -0.2) is 0 Å². The zero-order valence-corrected chi connectivity index (χ0v) is 18.3. The van der Waals surface area contributed by atoms with E-state index in [0.717, 1.165) is 0 Å². The van der Waals surface area contributed by atoms with E-state index >= 15 is 0 Å². The summed E-state index contributed by atoms with van der Waals surface area (Å²) in [6, 6.07) is 8.23. The molecule has 0 radical (unpaired) electrons. The maximum Gasteiger partial charge on any atom is 0.246 e. The number of aliphatic hydroxyl groups is 1. The number of rotatable bonds is 7. The first-order valence-corrected chi connectivity index (χ1v) is 11.0. The number of carbonyl (C=O) groups excluding carboxylic acids is 3. The molecular weight excluding hydrogens is 398 g/mol. The predicted octanol–water partition coefficient (Wildman–Crippen LogP) is 1.30. The minimum absolute atomic E-state index is 0.0868. The zero-order chi connectivity index (χ0) is 22.4. The number of carbonyl (C=O) groups is 3. The van der Waals surface area contributed by atoms with E-state index in [9.17, 15) is 19.5 Å². The molecule has 2 unspecified atom stereocenters. The van der Waals surface area contributed by atoms with Crippen molar-refractivity contribution in [2.45, 2.75) is 63.3 Å². The van der Waals surface area contributed by atoms with Crippen molar-refractivity contribution < 1.29 is 24.2 Å². The molecule has 1 spiro atoms. The zero-order valence-electron chi connectivity index (χ0n) is 18.3. The molecule has 0 aromatic heterocycles. The summed E-state index contributed by atoms with van der Waals surface area (Å²) >= 11 is 0. The van der Waals surface area contributed by atoms with E-state index in [2.05, 4.69) is 10.6 Å². The van der Waals surface area contributed by atoms with Crippen LogP contribution in [0.1, 0.15) is 40.0 Å². The van der Waals surface area contributed by atoms with Gasteiger partial charge in [-0.1, -0.05) is 18.2 Å². The SMILES string of the molecule is CC(C)NC(=O)C1N(CCCO)C(=O)[C@@H]2[C@H](C(=O)Nc3ccccc3)[C@]3(C)CCC12O3. The van der Waals surface area contributed by atoms with Gasteiger partial charge in [-0.05, 0) is 52.2 Å². The molecule has 31 heavy (non-hydrogen) atoms. The van der Waals surface area contributed by atoms with Crippen molar-refractivity contribution in [3.05, 3.63) is 30.3 Å². The fourth-order valence-electron chi connectivity index (χ4n) is 5.71. The molecule has 3 N–H and O–H groups in total. The second-order valence-electron chi connectivity index (χ2n) is 9.35. The van der Waals surface area contributed by atoms with Crippen molar-refractivity contribution in [2.75, 3.05) is 18.5 Å². The molecule has 8 nitrogen and oxygen atoms in total. The molecule has 5 atom stereocenters. The lowest BCUT2D eigenvalue weighted by Crippen LogP contribution is -2.56. The van der Waals surface area contributed by atoms with Crippen LogP contribution in [0.5, 0.6) is 0 Å². The van der Waals surface area contributed by atoms with Gasteiger partial charge < -0.3 is 25.4 Å². The summed E-state index contributed by atoms with van der Waals surface area (Å²) in [5, 5.41) is 15.2. The van der Waals surface area contributed by atoms with Crippen LogP contribution in [0, 0.1) is 11.8 Å². The Labute approximate surface area is 182 Å². The van der Waals surface area contributed by atoms with Crippen molar-refractivity contribution in [3.8, 4) is 0 Å². The van der Waals surface area contributed by atoms with Gasteiger partial charge in [0, 0.05) is 24.9 Å². The molecule has 1 aromatic carbocycles. The molecule has 3 heterocycles. The quantitative estimate of drug-likeness (QED) is 0.606. The van der Waals surface area contributed by atoms with Gasteiger partial charge in [0.1, 0.15) is 11.6 Å². The van der Waals surface area contributed by atoms with Crippen molar-refractivity contribution in [3.63, 3.8) is 0 Å². The van der Waals surface area contributed by atoms with Crippen LogP contribution in [0.25, 0.3) is 0 Å². The highest BCUT2D eigenvalue weighted by molar-refractivity contribution is 6.02. The maximum atomic E-state index is 13.6. The second-order valence-corrected chi connectivity index (χ2v) is 9.35. The first kappa shape index (κ1) is 21.8. The average Bonchev–Trinajstić information content (AvgIpc) is 3.27. The van der Waals surface area contributed by atoms with Crippen LogP contribution in [-0.2, 0) is 19.1 Å². The van der Waals surface area contributed by atoms with Crippen molar-refractivity contribution in [2.24, 2.45) is 11.8 Å². The summed E-state index contributed by atoms with van der Waals surface area (Å²) in [6.07, 6.45) is 1.50.